The lowest BCUT2D eigenvalue weighted by Crippen LogP contribution is -2.05. The summed E-state index contributed by atoms with van der Waals surface area (Å²) in [5.41, 5.74) is 1.33. The highest BCUT2D eigenvalue weighted by atomic mass is 16.6. The lowest BCUT2D eigenvalue weighted by molar-refractivity contribution is -0.384. The number of carbonyl (C=O) groups excluding carboxylic acids is 1. The van der Waals surface area contributed by atoms with E-state index < -0.39 is 10.9 Å². The van der Waals surface area contributed by atoms with Crippen molar-refractivity contribution in [3.05, 3.63) is 75.7 Å². The van der Waals surface area contributed by atoms with Crippen molar-refractivity contribution in [2.45, 2.75) is 0 Å². The van der Waals surface area contributed by atoms with Crippen LogP contribution in [0.1, 0.15) is 11.1 Å². The Morgan fingerprint density at radius 1 is 1.18 bits per heavy atom. The number of pyridine rings is 1. The molecule has 1 aliphatic rings. The lowest BCUT2D eigenvalue weighted by atomic mass is 10.2. The second kappa shape index (κ2) is 5.57. The zero-order chi connectivity index (χ0) is 15.5. The molecule has 0 atom stereocenters. The topological polar surface area (TPSA) is 94.7 Å². The van der Waals surface area contributed by atoms with Crippen LogP contribution in [0.2, 0.25) is 0 Å². The first-order valence-electron chi connectivity index (χ1n) is 6.31. The Morgan fingerprint density at radius 3 is 2.59 bits per heavy atom. The van der Waals surface area contributed by atoms with E-state index in [0.717, 1.165) is 5.56 Å². The predicted molar refractivity (Wildman–Crippen MR) is 77.9 cm³/mol. The third-order valence-corrected chi connectivity index (χ3v) is 2.93. The second-order valence-corrected chi connectivity index (χ2v) is 4.43. The van der Waals surface area contributed by atoms with E-state index in [2.05, 4.69) is 9.98 Å². The van der Waals surface area contributed by atoms with Gasteiger partial charge in [0.25, 0.3) is 5.69 Å². The van der Waals surface area contributed by atoms with Crippen LogP contribution >= 0.6 is 0 Å². The fourth-order valence-electron chi connectivity index (χ4n) is 1.88. The molecule has 1 aromatic heterocycles. The minimum absolute atomic E-state index is 0.0419. The number of nitrogens with zero attached hydrogens (tertiary/aromatic N) is 3. The van der Waals surface area contributed by atoms with Gasteiger partial charge in [-0.1, -0.05) is 6.07 Å². The van der Waals surface area contributed by atoms with Crippen LogP contribution in [0.25, 0.3) is 6.08 Å². The van der Waals surface area contributed by atoms with E-state index in [1.807, 2.05) is 0 Å². The summed E-state index contributed by atoms with van der Waals surface area (Å²) in [5.74, 6) is -0.452. The number of esters is 1. The largest absolute Gasteiger partial charge is 0.402 e. The average Bonchev–Trinajstić information content (AvgIpc) is 2.89. The van der Waals surface area contributed by atoms with E-state index in [1.165, 1.54) is 24.3 Å². The van der Waals surface area contributed by atoms with Crippen LogP contribution in [0.3, 0.4) is 0 Å². The number of nitro groups is 1. The molecule has 1 aliphatic heterocycles. The van der Waals surface area contributed by atoms with Crippen molar-refractivity contribution in [2.24, 2.45) is 4.99 Å². The standard InChI is InChI=1S/C15H9N3O4/c19-15-13(8-10-2-1-7-16-9-10)17-14(22-15)11-3-5-12(6-4-11)18(20)21/h1-9H/b13-8+. The Balaban J connectivity index is 1.90. The molecule has 0 aliphatic carbocycles. The molecule has 0 saturated carbocycles. The Bertz CT molecular complexity index is 795. The molecule has 3 rings (SSSR count). The van der Waals surface area contributed by atoms with Gasteiger partial charge in [0, 0.05) is 30.1 Å². The van der Waals surface area contributed by atoms with Crippen molar-refractivity contribution in [3.8, 4) is 0 Å². The highest BCUT2D eigenvalue weighted by Gasteiger charge is 2.24. The molecule has 1 aromatic carbocycles. The SMILES string of the molecule is O=C1OC(c2ccc([N+](=O)[O-])cc2)=N/C1=C/c1cccnc1. The molecule has 22 heavy (non-hydrogen) atoms. The minimum atomic E-state index is -0.572. The van der Waals surface area contributed by atoms with Gasteiger partial charge in [-0.3, -0.25) is 15.1 Å². The van der Waals surface area contributed by atoms with Crippen molar-refractivity contribution in [3.63, 3.8) is 0 Å². The number of rotatable bonds is 3. The molecule has 0 fully saturated rings. The van der Waals surface area contributed by atoms with Crippen LogP contribution in [0.5, 0.6) is 0 Å². The summed E-state index contributed by atoms with van der Waals surface area (Å²) in [4.78, 5) is 30.0. The van der Waals surface area contributed by atoms with Gasteiger partial charge >= 0.3 is 5.97 Å². The fourth-order valence-corrected chi connectivity index (χ4v) is 1.88. The molecule has 0 bridgehead atoms. The Labute approximate surface area is 124 Å². The van der Waals surface area contributed by atoms with Crippen LogP contribution in [0.15, 0.2) is 59.5 Å². The van der Waals surface area contributed by atoms with Gasteiger partial charge in [0.2, 0.25) is 5.90 Å². The molecule has 0 spiro atoms. The van der Waals surface area contributed by atoms with Gasteiger partial charge in [-0.25, -0.2) is 9.79 Å². The van der Waals surface area contributed by atoms with Crippen LogP contribution in [0, 0.1) is 10.1 Å². The quantitative estimate of drug-likeness (QED) is 0.375. The smallest absolute Gasteiger partial charge is 0.363 e. The molecule has 7 nitrogen and oxygen atoms in total. The maximum Gasteiger partial charge on any atom is 0.363 e. The molecule has 108 valence electrons. The third kappa shape index (κ3) is 2.73. The van der Waals surface area contributed by atoms with Gasteiger partial charge in [0.05, 0.1) is 4.92 Å². The summed E-state index contributed by atoms with van der Waals surface area (Å²) in [6.45, 7) is 0. The van der Waals surface area contributed by atoms with E-state index in [9.17, 15) is 14.9 Å². The van der Waals surface area contributed by atoms with Gasteiger partial charge < -0.3 is 4.74 Å². The normalized spacial score (nSPS) is 15.5. The number of hydrogen-bond acceptors (Lipinski definition) is 6. The molecule has 0 N–H and O–H groups in total. The van der Waals surface area contributed by atoms with Crippen LogP contribution in [-0.2, 0) is 9.53 Å². The number of aromatic nitrogens is 1. The first-order valence-corrected chi connectivity index (χ1v) is 6.31. The summed E-state index contributed by atoms with van der Waals surface area (Å²) >= 11 is 0. The monoisotopic (exact) mass is 295 g/mol. The molecule has 0 saturated heterocycles. The van der Waals surface area contributed by atoms with E-state index in [4.69, 9.17) is 4.74 Å². The van der Waals surface area contributed by atoms with Gasteiger partial charge in [-0.2, -0.15) is 0 Å². The van der Waals surface area contributed by atoms with E-state index in [1.54, 1.807) is 30.6 Å². The highest BCUT2D eigenvalue weighted by Crippen LogP contribution is 2.20. The lowest BCUT2D eigenvalue weighted by Gasteiger charge is -1.98. The maximum absolute atomic E-state index is 11.8. The minimum Gasteiger partial charge on any atom is -0.402 e. The first-order chi connectivity index (χ1) is 10.6. The molecule has 0 unspecified atom stereocenters. The van der Waals surface area contributed by atoms with Gasteiger partial charge in [-0.15, -0.1) is 0 Å². The number of cyclic esters (lactones) is 1. The first kappa shape index (κ1) is 13.6. The molecule has 2 aromatic rings. The van der Waals surface area contributed by atoms with Crippen LogP contribution in [0.4, 0.5) is 5.69 Å². The molecule has 0 radical (unpaired) electrons. The number of hydrogen-bond donors (Lipinski definition) is 0. The Morgan fingerprint density at radius 2 is 1.95 bits per heavy atom. The Hall–Kier alpha value is -3.35. The van der Waals surface area contributed by atoms with Crippen molar-refractivity contribution in [2.75, 3.05) is 0 Å². The molecule has 0 amide bonds. The Kier molecular flexibility index (Phi) is 3.45. The van der Waals surface area contributed by atoms with Crippen molar-refractivity contribution in [1.82, 2.24) is 4.98 Å². The zero-order valence-corrected chi connectivity index (χ0v) is 11.2. The number of nitro benzene ring substituents is 1. The zero-order valence-electron chi connectivity index (χ0n) is 11.2. The van der Waals surface area contributed by atoms with Crippen LogP contribution < -0.4 is 0 Å². The summed E-state index contributed by atoms with van der Waals surface area (Å²) < 4.78 is 5.09. The fraction of sp³-hybridized carbons (Fsp3) is 0. The summed E-state index contributed by atoms with van der Waals surface area (Å²) in [7, 11) is 0. The van der Waals surface area contributed by atoms with E-state index >= 15 is 0 Å². The van der Waals surface area contributed by atoms with Gasteiger partial charge in [-0.05, 0) is 29.8 Å². The van der Waals surface area contributed by atoms with Gasteiger partial charge in [0.1, 0.15) is 0 Å². The van der Waals surface area contributed by atoms with Crippen molar-refractivity contribution < 1.29 is 14.5 Å². The number of carbonyl (C=O) groups is 1. The van der Waals surface area contributed by atoms with E-state index in [0.29, 0.717) is 5.56 Å². The number of aliphatic imine (C=N–C) groups is 1. The summed E-state index contributed by atoms with van der Waals surface area (Å²) in [6, 6.07) is 9.15. The predicted octanol–water partition coefficient (Wildman–Crippen LogP) is 2.33. The average molecular weight is 295 g/mol. The maximum atomic E-state index is 11.8. The summed E-state index contributed by atoms with van der Waals surface area (Å²) in [5, 5.41) is 10.6. The van der Waals surface area contributed by atoms with E-state index in [-0.39, 0.29) is 17.3 Å². The van der Waals surface area contributed by atoms with Crippen molar-refractivity contribution in [1.29, 1.82) is 0 Å². The number of non-ortho nitro benzene ring substituents is 1. The molecular formula is C15H9N3O4. The highest BCUT2D eigenvalue weighted by molar-refractivity contribution is 6.12. The van der Waals surface area contributed by atoms with Crippen LogP contribution in [-0.4, -0.2) is 21.8 Å². The summed E-state index contributed by atoms with van der Waals surface area (Å²) in [6.07, 6.45) is 4.79. The van der Waals surface area contributed by atoms with Crippen molar-refractivity contribution >= 4 is 23.6 Å². The second-order valence-electron chi connectivity index (χ2n) is 4.43. The molecule has 2 heterocycles. The number of benzene rings is 1. The third-order valence-electron chi connectivity index (χ3n) is 2.93. The number of ether oxygens (including phenoxy) is 1. The molecular weight excluding hydrogens is 286 g/mol. The molecule has 7 heteroatoms. The van der Waals surface area contributed by atoms with Gasteiger partial charge in [0.15, 0.2) is 5.70 Å².